The van der Waals surface area contributed by atoms with Gasteiger partial charge in [-0.25, -0.2) is 15.0 Å². The van der Waals surface area contributed by atoms with Crippen LogP contribution in [0.5, 0.6) is 0 Å². The summed E-state index contributed by atoms with van der Waals surface area (Å²) >= 11 is 1.87. The van der Waals surface area contributed by atoms with Crippen LogP contribution in [0.1, 0.15) is 90.9 Å². The van der Waals surface area contributed by atoms with E-state index < -0.39 is 82.7 Å². The van der Waals surface area contributed by atoms with Crippen molar-refractivity contribution in [2.45, 2.75) is 162 Å². The average molecular weight is 996 g/mol. The fourth-order valence-electron chi connectivity index (χ4n) is 13.2. The number of nitrogens with zero attached hydrogens (tertiary/aromatic N) is 1. The summed E-state index contributed by atoms with van der Waals surface area (Å²) in [6.07, 6.45) is 0.440. The molecule has 7 fully saturated rings. The number of esters is 1. The lowest BCUT2D eigenvalue weighted by Gasteiger charge is -2.66. The second-order valence-electron chi connectivity index (χ2n) is 20.7. The highest BCUT2D eigenvalue weighted by Gasteiger charge is 2.74. The molecule has 0 aromatic heterocycles. The summed E-state index contributed by atoms with van der Waals surface area (Å²) in [5.41, 5.74) is -1.74. The van der Waals surface area contributed by atoms with Gasteiger partial charge in [-0.1, -0.05) is 13.3 Å². The van der Waals surface area contributed by atoms with Gasteiger partial charge in [-0.15, -0.1) is 0 Å². The molecular weight excluding hydrogens is 923 g/mol. The van der Waals surface area contributed by atoms with Gasteiger partial charge in [0.15, 0.2) is 6.29 Å². The van der Waals surface area contributed by atoms with E-state index >= 15 is 0 Å². The number of urea groups is 1. The van der Waals surface area contributed by atoms with Crippen molar-refractivity contribution in [2.75, 3.05) is 58.5 Å². The minimum absolute atomic E-state index is 0.0248. The predicted octanol–water partition coefficient (Wildman–Crippen LogP) is -0.484. The van der Waals surface area contributed by atoms with Gasteiger partial charge in [0.2, 0.25) is 5.91 Å². The zero-order chi connectivity index (χ0) is 49.1. The molecule has 17 atom stereocenters. The van der Waals surface area contributed by atoms with E-state index in [0.717, 1.165) is 30.6 Å². The number of hydrazone groups is 1. The van der Waals surface area contributed by atoms with Crippen molar-refractivity contribution in [1.29, 1.82) is 0 Å². The number of unbranched alkanes of at least 4 members (excludes halogenated alkanes) is 1. The van der Waals surface area contributed by atoms with Crippen LogP contribution in [0.25, 0.3) is 0 Å². The Bertz CT molecular complexity index is 1920. The second-order valence-corrected chi connectivity index (χ2v) is 21.9. The predicted molar refractivity (Wildman–Crippen MR) is 246 cm³/mol. The van der Waals surface area contributed by atoms with Crippen LogP contribution in [0.4, 0.5) is 4.79 Å². The fourth-order valence-corrected chi connectivity index (χ4v) is 14.8. The van der Waals surface area contributed by atoms with Crippen LogP contribution in [0, 0.1) is 28.6 Å². The number of aliphatic hydroxyl groups is 6. The van der Waals surface area contributed by atoms with Crippen LogP contribution < -0.4 is 21.4 Å². The molecule has 0 spiro atoms. The topological polar surface area (TPSA) is 306 Å². The molecule has 0 radical (unpaired) electrons. The Balaban J connectivity index is 0.783. The molecule has 4 amide bonds. The van der Waals surface area contributed by atoms with Crippen molar-refractivity contribution in [3.05, 3.63) is 11.6 Å². The van der Waals surface area contributed by atoms with Crippen molar-refractivity contribution < 1.29 is 78.2 Å². The Morgan fingerprint density at radius 3 is 2.46 bits per heavy atom. The second kappa shape index (κ2) is 22.0. The van der Waals surface area contributed by atoms with Crippen molar-refractivity contribution in [3.8, 4) is 0 Å². The number of fused-ring (bicyclic) bond motifs is 6. The normalized spacial score (nSPS) is 42.4. The quantitative estimate of drug-likeness (QED) is 0.0173. The third-order valence-electron chi connectivity index (χ3n) is 17.0. The van der Waals surface area contributed by atoms with Crippen LogP contribution >= 0.6 is 11.8 Å². The zero-order valence-electron chi connectivity index (χ0n) is 39.6. The molecule has 4 aliphatic heterocycles. The summed E-state index contributed by atoms with van der Waals surface area (Å²) < 4.78 is 33.8. The Morgan fingerprint density at radius 1 is 0.928 bits per heavy atom. The first-order chi connectivity index (χ1) is 33.0. The molecule has 0 unspecified atom stereocenters. The van der Waals surface area contributed by atoms with Crippen LogP contribution in [0.15, 0.2) is 16.8 Å². The van der Waals surface area contributed by atoms with E-state index in [-0.39, 0.29) is 94.6 Å². The Labute approximate surface area is 406 Å². The molecular formula is C47H73N5O16S. The van der Waals surface area contributed by atoms with Gasteiger partial charge in [-0.2, -0.15) is 16.9 Å². The van der Waals surface area contributed by atoms with Crippen LogP contribution in [-0.2, 0) is 42.8 Å². The number of hydrogen-bond acceptors (Lipinski definition) is 18. The molecule has 8 aliphatic rings. The summed E-state index contributed by atoms with van der Waals surface area (Å²) in [5.74, 6) is -1.25. The number of carbonyl (C=O) groups is 4. The maximum atomic E-state index is 13.0. The van der Waals surface area contributed by atoms with E-state index in [2.05, 4.69) is 26.5 Å². The van der Waals surface area contributed by atoms with Crippen molar-refractivity contribution in [1.82, 2.24) is 21.4 Å². The van der Waals surface area contributed by atoms with Crippen LogP contribution in [0.2, 0.25) is 0 Å². The van der Waals surface area contributed by atoms with Gasteiger partial charge in [-0.3, -0.25) is 9.59 Å². The first kappa shape index (κ1) is 52.3. The molecule has 4 heterocycles. The third kappa shape index (κ3) is 10.6. The van der Waals surface area contributed by atoms with Gasteiger partial charge in [0, 0.05) is 53.5 Å². The molecule has 0 bridgehead atoms. The summed E-state index contributed by atoms with van der Waals surface area (Å²) in [5, 5.41) is 82.8. The highest BCUT2D eigenvalue weighted by atomic mass is 32.2. The molecule has 10 N–H and O–H groups in total. The van der Waals surface area contributed by atoms with Crippen molar-refractivity contribution >= 4 is 41.8 Å². The maximum Gasteiger partial charge on any atom is 0.331 e. The van der Waals surface area contributed by atoms with Gasteiger partial charge in [-0.05, 0) is 88.0 Å². The van der Waals surface area contributed by atoms with E-state index in [1.54, 1.807) is 13.1 Å². The number of hydrogen-bond donors (Lipinski definition) is 10. The number of cyclic esters (lactones) is 1. The number of carbonyl (C=O) groups excluding carboxylic acids is 4. The lowest BCUT2D eigenvalue weighted by atomic mass is 9.41. The highest BCUT2D eigenvalue weighted by molar-refractivity contribution is 8.00. The zero-order valence-corrected chi connectivity index (χ0v) is 40.4. The van der Waals surface area contributed by atoms with E-state index in [0.29, 0.717) is 57.1 Å². The average Bonchev–Trinajstić information content (AvgIpc) is 4.08. The number of ether oxygens (including phenoxy) is 6. The standard InChI is InChI=1S/C47H73N5O16S/c1-26-39(57)40(58)41(59)42(67-26)68-28-7-10-45(31-20-34(53)44(2)29(27-19-37(56)66-22-27)9-12-47(44,62)30(31)8-11-46(45,61)21-28)25-49-52-36(55)23-65-18-17-64-16-15-63-14-13-48-35(54)6-4-3-5-33-38-32(24-69-33)50-43(60)51-38/h19,25-26,28-34,38-42,53,57-59,61-62H,3-18,20-24H2,1-2H3,(H,48,54)(H,52,55)(H2,50,51,60)/b49-25+/t26-,28+,29-,30-,31+,32+,33+,34-,38+,39+,40-,41-,42+,44+,45+,46+,47+/m1/s1. The van der Waals surface area contributed by atoms with Crippen molar-refractivity contribution in [3.63, 3.8) is 0 Å². The van der Waals surface area contributed by atoms with Gasteiger partial charge in [0.1, 0.15) is 31.5 Å². The number of thioether (sulfide) groups is 1. The Morgan fingerprint density at radius 2 is 1.70 bits per heavy atom. The summed E-state index contributed by atoms with van der Waals surface area (Å²) in [4.78, 5) is 48.9. The Hall–Kier alpha value is -3.00. The van der Waals surface area contributed by atoms with Gasteiger partial charge in [0.25, 0.3) is 5.91 Å². The highest BCUT2D eigenvalue weighted by Crippen LogP contribution is 2.70. The maximum absolute atomic E-state index is 13.0. The number of nitrogens with one attached hydrogen (secondary N) is 4. The molecule has 3 saturated heterocycles. The first-order valence-corrected chi connectivity index (χ1v) is 25.9. The molecule has 21 nitrogen and oxygen atoms in total. The van der Waals surface area contributed by atoms with Crippen LogP contribution in [-0.4, -0.2) is 191 Å². The molecule has 8 rings (SSSR count). The van der Waals surface area contributed by atoms with Gasteiger partial charge >= 0.3 is 12.0 Å². The van der Waals surface area contributed by atoms with Crippen LogP contribution in [0.3, 0.4) is 0 Å². The van der Waals surface area contributed by atoms with Gasteiger partial charge < -0.3 is 75.0 Å². The SMILES string of the molecule is C[C@H]1O[C@@H](O[C@H]2CC[C@]3(/C=N/NC(=O)COCCOCCOCCNC(=O)CCCC[C@@H]4SC[C@@H]5NC(=O)N[C@@H]54)[C@H]4C[C@@H](O)[C@]5(C)[C@@H](C6=CC(=O)OC6)CC[C@]5(O)[C@@H]4CC[C@]3(O)C2)[C@H](O)[C@H](O)[C@H]1O. The minimum atomic E-state index is -1.53. The van der Waals surface area contributed by atoms with E-state index in [1.807, 2.05) is 18.7 Å². The molecule has 69 heavy (non-hydrogen) atoms. The molecule has 0 aromatic carbocycles. The van der Waals surface area contributed by atoms with Crippen molar-refractivity contribution in [2.24, 2.45) is 33.7 Å². The largest absolute Gasteiger partial charge is 0.458 e. The molecule has 4 aliphatic carbocycles. The number of rotatable bonds is 21. The monoisotopic (exact) mass is 995 g/mol. The van der Waals surface area contributed by atoms with E-state index in [9.17, 15) is 49.8 Å². The molecule has 4 saturated carbocycles. The first-order valence-electron chi connectivity index (χ1n) is 24.9. The Kier molecular flexibility index (Phi) is 16.7. The summed E-state index contributed by atoms with van der Waals surface area (Å²) in [6, 6.07) is 0.279. The summed E-state index contributed by atoms with van der Waals surface area (Å²) in [7, 11) is 0. The molecule has 0 aromatic rings. The smallest absolute Gasteiger partial charge is 0.331 e. The lowest BCUT2D eigenvalue weighted by Crippen LogP contribution is -2.71. The fraction of sp³-hybridized carbons (Fsp3) is 0.851. The van der Waals surface area contributed by atoms with E-state index in [1.165, 1.54) is 6.08 Å². The van der Waals surface area contributed by atoms with E-state index in [4.69, 9.17) is 28.4 Å². The summed E-state index contributed by atoms with van der Waals surface area (Å²) in [6.45, 7) is 4.89. The minimum Gasteiger partial charge on any atom is -0.458 e. The molecule has 388 valence electrons. The number of amides is 4. The molecule has 22 heteroatoms. The third-order valence-corrected chi connectivity index (χ3v) is 18.5. The number of aliphatic hydroxyl groups excluding tert-OH is 4. The lowest BCUT2D eigenvalue weighted by molar-refractivity contribution is -0.317. The van der Waals surface area contributed by atoms with Gasteiger partial charge in [0.05, 0.1) is 74.6 Å².